The first-order chi connectivity index (χ1) is 8.16. The van der Waals surface area contributed by atoms with Crippen LogP contribution in [0.2, 0.25) is 5.02 Å². The molecule has 0 radical (unpaired) electrons. The number of amides is 1. The van der Waals surface area contributed by atoms with E-state index in [0.29, 0.717) is 16.6 Å². The Bertz CT molecular complexity index is 419. The van der Waals surface area contributed by atoms with Crippen molar-refractivity contribution in [3.8, 4) is 0 Å². The van der Waals surface area contributed by atoms with Crippen LogP contribution < -0.4 is 11.1 Å². The van der Waals surface area contributed by atoms with Crippen molar-refractivity contribution >= 4 is 35.0 Å². The second-order valence-corrected chi connectivity index (χ2v) is 5.67. The number of nitrogens with two attached hydrogens (primary N) is 1. The van der Waals surface area contributed by atoms with Crippen LogP contribution in [0.3, 0.4) is 0 Å². The van der Waals surface area contributed by atoms with Crippen molar-refractivity contribution < 1.29 is 4.79 Å². The minimum atomic E-state index is -0.491. The summed E-state index contributed by atoms with van der Waals surface area (Å²) in [5, 5.41) is 3.84. The van der Waals surface area contributed by atoms with Gasteiger partial charge in [0.2, 0.25) is 5.91 Å². The summed E-state index contributed by atoms with van der Waals surface area (Å²) in [6.45, 7) is 0. The molecule has 3 N–H and O–H groups in total. The summed E-state index contributed by atoms with van der Waals surface area (Å²) in [6, 6.07) is 5.78. The summed E-state index contributed by atoms with van der Waals surface area (Å²) in [5.74, 6) is 1.88. The number of benzene rings is 1. The van der Waals surface area contributed by atoms with Crippen LogP contribution in [-0.2, 0) is 0 Å². The fourth-order valence-corrected chi connectivity index (χ4v) is 3.24. The molecule has 1 saturated heterocycles. The van der Waals surface area contributed by atoms with Gasteiger partial charge in [0, 0.05) is 17.5 Å². The number of hydrogen-bond donors (Lipinski definition) is 2. The predicted molar refractivity (Wildman–Crippen MR) is 73.9 cm³/mol. The minimum Gasteiger partial charge on any atom is -0.381 e. The summed E-state index contributed by atoms with van der Waals surface area (Å²) >= 11 is 7.96. The summed E-state index contributed by atoms with van der Waals surface area (Å²) in [7, 11) is 0. The highest BCUT2D eigenvalue weighted by molar-refractivity contribution is 7.99. The van der Waals surface area contributed by atoms with Gasteiger partial charge in [0.25, 0.3) is 0 Å². The summed E-state index contributed by atoms with van der Waals surface area (Å²) in [5.41, 5.74) is 6.52. The maximum absolute atomic E-state index is 11.0. The monoisotopic (exact) mass is 270 g/mol. The molecule has 1 aliphatic rings. The van der Waals surface area contributed by atoms with Gasteiger partial charge in [-0.05, 0) is 36.8 Å². The fourth-order valence-electron chi connectivity index (χ4n) is 1.89. The Hall–Kier alpha value is -0.870. The zero-order valence-electron chi connectivity index (χ0n) is 9.41. The van der Waals surface area contributed by atoms with Crippen LogP contribution in [0, 0.1) is 0 Å². The van der Waals surface area contributed by atoms with Crippen LogP contribution in [0.1, 0.15) is 23.2 Å². The first-order valence-corrected chi connectivity index (χ1v) is 7.14. The van der Waals surface area contributed by atoms with Gasteiger partial charge >= 0.3 is 0 Å². The van der Waals surface area contributed by atoms with Crippen molar-refractivity contribution in [2.24, 2.45) is 5.73 Å². The van der Waals surface area contributed by atoms with Crippen molar-refractivity contribution in [3.63, 3.8) is 0 Å². The zero-order valence-corrected chi connectivity index (χ0v) is 11.0. The van der Waals surface area contributed by atoms with Crippen LogP contribution >= 0.6 is 23.4 Å². The van der Waals surface area contributed by atoms with E-state index in [4.69, 9.17) is 17.3 Å². The van der Waals surface area contributed by atoms with Crippen LogP contribution in [0.25, 0.3) is 0 Å². The van der Waals surface area contributed by atoms with E-state index in [1.807, 2.05) is 17.8 Å². The normalized spacial score (nSPS) is 19.9. The topological polar surface area (TPSA) is 55.1 Å². The van der Waals surface area contributed by atoms with Crippen molar-refractivity contribution in [2.45, 2.75) is 18.9 Å². The number of thioether (sulfide) groups is 1. The molecule has 1 unspecified atom stereocenters. The van der Waals surface area contributed by atoms with Crippen LogP contribution in [-0.4, -0.2) is 23.5 Å². The lowest BCUT2D eigenvalue weighted by atomic mass is 10.1. The lowest BCUT2D eigenvalue weighted by molar-refractivity contribution is 0.100. The third-order valence-electron chi connectivity index (χ3n) is 2.77. The highest BCUT2D eigenvalue weighted by Crippen LogP contribution is 2.24. The molecule has 1 fully saturated rings. The van der Waals surface area contributed by atoms with Crippen molar-refractivity contribution in [2.75, 3.05) is 16.8 Å². The van der Waals surface area contributed by atoms with Gasteiger partial charge in [0.05, 0.1) is 10.6 Å². The average molecular weight is 271 g/mol. The van der Waals surface area contributed by atoms with Gasteiger partial charge in [-0.25, -0.2) is 0 Å². The quantitative estimate of drug-likeness (QED) is 0.888. The van der Waals surface area contributed by atoms with Crippen molar-refractivity contribution in [1.29, 1.82) is 0 Å². The standard InChI is InChI=1S/C12H15ClN2OS/c13-11-6-8(3-4-10(11)12(14)16)15-9-2-1-5-17-7-9/h3-4,6,9,15H,1-2,5,7H2,(H2,14,16). The Morgan fingerprint density at radius 2 is 2.35 bits per heavy atom. The summed E-state index contributed by atoms with van der Waals surface area (Å²) < 4.78 is 0. The molecule has 2 rings (SSSR count). The third kappa shape index (κ3) is 3.30. The summed E-state index contributed by atoms with van der Waals surface area (Å²) in [4.78, 5) is 11.0. The smallest absolute Gasteiger partial charge is 0.250 e. The maximum atomic E-state index is 11.0. The number of hydrogen-bond acceptors (Lipinski definition) is 3. The Kier molecular flexibility index (Phi) is 4.18. The fraction of sp³-hybridized carbons (Fsp3) is 0.417. The molecule has 17 heavy (non-hydrogen) atoms. The van der Waals surface area contributed by atoms with E-state index in [1.165, 1.54) is 18.6 Å². The predicted octanol–water partition coefficient (Wildman–Crippen LogP) is 2.75. The molecule has 5 heteroatoms. The molecule has 0 aromatic heterocycles. The molecule has 1 aromatic carbocycles. The largest absolute Gasteiger partial charge is 0.381 e. The molecular formula is C12H15ClN2OS. The molecule has 0 aliphatic carbocycles. The van der Waals surface area contributed by atoms with Gasteiger partial charge in [0.1, 0.15) is 0 Å². The molecular weight excluding hydrogens is 256 g/mol. The second-order valence-electron chi connectivity index (χ2n) is 4.12. The maximum Gasteiger partial charge on any atom is 0.250 e. The molecule has 0 saturated carbocycles. The molecule has 92 valence electrons. The molecule has 3 nitrogen and oxygen atoms in total. The van der Waals surface area contributed by atoms with E-state index in [-0.39, 0.29) is 0 Å². The van der Waals surface area contributed by atoms with Crippen molar-refractivity contribution in [1.82, 2.24) is 0 Å². The SMILES string of the molecule is NC(=O)c1ccc(NC2CCCSC2)cc1Cl. The van der Waals surface area contributed by atoms with Gasteiger partial charge in [-0.2, -0.15) is 11.8 Å². The molecule has 1 heterocycles. The number of rotatable bonds is 3. The number of carbonyl (C=O) groups is 1. The van der Waals surface area contributed by atoms with Crippen LogP contribution in [0.15, 0.2) is 18.2 Å². The van der Waals surface area contributed by atoms with E-state index >= 15 is 0 Å². The zero-order chi connectivity index (χ0) is 12.3. The van der Waals surface area contributed by atoms with Crippen LogP contribution in [0.4, 0.5) is 5.69 Å². The number of anilines is 1. The van der Waals surface area contributed by atoms with E-state index in [9.17, 15) is 4.79 Å². The first-order valence-electron chi connectivity index (χ1n) is 5.60. The van der Waals surface area contributed by atoms with Gasteiger partial charge in [-0.15, -0.1) is 0 Å². The molecule has 1 aliphatic heterocycles. The molecule has 1 amide bonds. The van der Waals surface area contributed by atoms with E-state index in [2.05, 4.69) is 5.32 Å². The van der Waals surface area contributed by atoms with Gasteiger partial charge < -0.3 is 11.1 Å². The number of primary amides is 1. The van der Waals surface area contributed by atoms with E-state index < -0.39 is 5.91 Å². The third-order valence-corrected chi connectivity index (χ3v) is 4.29. The Morgan fingerprint density at radius 3 is 2.94 bits per heavy atom. The van der Waals surface area contributed by atoms with E-state index in [1.54, 1.807) is 12.1 Å². The lowest BCUT2D eigenvalue weighted by Crippen LogP contribution is -2.25. The van der Waals surface area contributed by atoms with E-state index in [0.717, 1.165) is 11.4 Å². The Balaban J connectivity index is 2.06. The second kappa shape index (κ2) is 5.65. The lowest BCUT2D eigenvalue weighted by Gasteiger charge is -2.23. The van der Waals surface area contributed by atoms with Gasteiger partial charge in [-0.1, -0.05) is 11.6 Å². The number of carbonyl (C=O) groups excluding carboxylic acids is 1. The Morgan fingerprint density at radius 1 is 1.53 bits per heavy atom. The molecule has 1 atom stereocenters. The first kappa shape index (κ1) is 12.6. The Labute approximate surface area is 110 Å². The van der Waals surface area contributed by atoms with Crippen molar-refractivity contribution in [3.05, 3.63) is 28.8 Å². The minimum absolute atomic E-state index is 0.371. The number of halogens is 1. The van der Waals surface area contributed by atoms with Gasteiger partial charge in [-0.3, -0.25) is 4.79 Å². The highest BCUT2D eigenvalue weighted by atomic mass is 35.5. The highest BCUT2D eigenvalue weighted by Gasteiger charge is 2.14. The number of nitrogens with one attached hydrogen (secondary N) is 1. The van der Waals surface area contributed by atoms with Crippen LogP contribution in [0.5, 0.6) is 0 Å². The molecule has 0 spiro atoms. The van der Waals surface area contributed by atoms with Gasteiger partial charge in [0.15, 0.2) is 0 Å². The average Bonchev–Trinajstić information content (AvgIpc) is 2.30. The summed E-state index contributed by atoms with van der Waals surface area (Å²) in [6.07, 6.45) is 2.43. The molecule has 0 bridgehead atoms. The molecule has 1 aromatic rings.